The number of hydrogen-bond acceptors (Lipinski definition) is 4. The molecule has 0 amide bonds. The molecule has 0 spiro atoms. The molecule has 1 aromatic rings. The van der Waals surface area contributed by atoms with Gasteiger partial charge < -0.3 is 5.73 Å². The van der Waals surface area contributed by atoms with Gasteiger partial charge >= 0.3 is 0 Å². The summed E-state index contributed by atoms with van der Waals surface area (Å²) in [6, 6.07) is 2.81. The molecule has 0 radical (unpaired) electrons. The summed E-state index contributed by atoms with van der Waals surface area (Å²) >= 11 is 7.60. The first kappa shape index (κ1) is 16.6. The average Bonchev–Trinajstić information content (AvgIpc) is 2.34. The van der Waals surface area contributed by atoms with Crippen LogP contribution in [0.5, 0.6) is 0 Å². The molecule has 0 aliphatic rings. The molecule has 0 fully saturated rings. The second-order valence-corrected chi connectivity index (χ2v) is 7.76. The van der Waals surface area contributed by atoms with Gasteiger partial charge in [0.15, 0.2) is 0 Å². The SMILES string of the molecule is CSCC(C)N(C)S(=O)(=O)c1cc(N)c(C)c(Cl)c1. The van der Waals surface area contributed by atoms with Gasteiger partial charge in [0.2, 0.25) is 10.0 Å². The van der Waals surface area contributed by atoms with E-state index in [-0.39, 0.29) is 10.9 Å². The van der Waals surface area contributed by atoms with Gasteiger partial charge in [-0.05, 0) is 37.8 Å². The average molecular weight is 323 g/mol. The van der Waals surface area contributed by atoms with Crippen molar-refractivity contribution in [2.24, 2.45) is 0 Å². The third-order valence-electron chi connectivity index (χ3n) is 3.06. The van der Waals surface area contributed by atoms with Crippen molar-refractivity contribution in [1.82, 2.24) is 4.31 Å². The number of benzene rings is 1. The minimum absolute atomic E-state index is 0.0960. The normalized spacial score (nSPS) is 13.8. The van der Waals surface area contributed by atoms with Gasteiger partial charge in [-0.2, -0.15) is 16.1 Å². The maximum atomic E-state index is 12.5. The topological polar surface area (TPSA) is 63.4 Å². The van der Waals surface area contributed by atoms with E-state index in [0.717, 1.165) is 5.75 Å². The molecule has 0 saturated heterocycles. The van der Waals surface area contributed by atoms with Crippen molar-refractivity contribution in [3.8, 4) is 0 Å². The minimum Gasteiger partial charge on any atom is -0.398 e. The van der Waals surface area contributed by atoms with Gasteiger partial charge in [-0.25, -0.2) is 8.42 Å². The Bertz CT molecular complexity index is 538. The molecular formula is C12H19ClN2O2S2. The van der Waals surface area contributed by atoms with E-state index in [1.165, 1.54) is 16.4 Å². The highest BCUT2D eigenvalue weighted by atomic mass is 35.5. The van der Waals surface area contributed by atoms with E-state index in [9.17, 15) is 8.42 Å². The first-order chi connectivity index (χ1) is 8.71. The zero-order valence-electron chi connectivity index (χ0n) is 11.5. The summed E-state index contributed by atoms with van der Waals surface area (Å²) < 4.78 is 26.3. The lowest BCUT2D eigenvalue weighted by Crippen LogP contribution is -2.36. The molecule has 4 nitrogen and oxygen atoms in total. The van der Waals surface area contributed by atoms with E-state index >= 15 is 0 Å². The quantitative estimate of drug-likeness (QED) is 0.846. The molecule has 108 valence electrons. The van der Waals surface area contributed by atoms with Crippen LogP contribution >= 0.6 is 23.4 Å². The van der Waals surface area contributed by atoms with Crippen LogP contribution in [0.15, 0.2) is 17.0 Å². The summed E-state index contributed by atoms with van der Waals surface area (Å²) in [4.78, 5) is 0.135. The molecule has 0 saturated carbocycles. The van der Waals surface area contributed by atoms with Crippen molar-refractivity contribution in [1.29, 1.82) is 0 Å². The molecule has 0 bridgehead atoms. The predicted octanol–water partition coefficient (Wildman–Crippen LogP) is 2.60. The minimum atomic E-state index is -3.57. The van der Waals surface area contributed by atoms with Gasteiger partial charge in [0.05, 0.1) is 4.90 Å². The van der Waals surface area contributed by atoms with Crippen molar-refractivity contribution < 1.29 is 8.42 Å². The van der Waals surface area contributed by atoms with E-state index < -0.39 is 10.0 Å². The molecule has 1 aromatic carbocycles. The number of hydrogen-bond donors (Lipinski definition) is 1. The Morgan fingerprint density at radius 2 is 2.05 bits per heavy atom. The fourth-order valence-corrected chi connectivity index (χ4v) is 4.09. The van der Waals surface area contributed by atoms with Crippen molar-refractivity contribution in [3.05, 3.63) is 22.7 Å². The number of nitrogens with zero attached hydrogens (tertiary/aromatic N) is 1. The predicted molar refractivity (Wildman–Crippen MR) is 83.4 cm³/mol. The van der Waals surface area contributed by atoms with Gasteiger partial charge in [0.1, 0.15) is 0 Å². The van der Waals surface area contributed by atoms with Gasteiger partial charge in [-0.1, -0.05) is 11.6 Å². The molecule has 1 atom stereocenters. The lowest BCUT2D eigenvalue weighted by Gasteiger charge is -2.24. The standard InChI is InChI=1S/C12H19ClN2O2S2/c1-8(7-18-4)15(3)19(16,17)10-5-11(13)9(2)12(14)6-10/h5-6,8H,7,14H2,1-4H3. The van der Waals surface area contributed by atoms with Gasteiger partial charge in [-0.3, -0.25) is 0 Å². The summed E-state index contributed by atoms with van der Waals surface area (Å²) in [5, 5.41) is 0.365. The van der Waals surface area contributed by atoms with Crippen LogP contribution in [0.1, 0.15) is 12.5 Å². The maximum Gasteiger partial charge on any atom is 0.243 e. The van der Waals surface area contributed by atoms with Crippen LogP contribution in [-0.2, 0) is 10.0 Å². The molecule has 1 rings (SSSR count). The lowest BCUT2D eigenvalue weighted by molar-refractivity contribution is 0.415. The number of anilines is 1. The third kappa shape index (κ3) is 3.56. The number of thioether (sulfide) groups is 1. The molecular weight excluding hydrogens is 304 g/mol. The molecule has 19 heavy (non-hydrogen) atoms. The second-order valence-electron chi connectivity index (χ2n) is 4.44. The van der Waals surface area contributed by atoms with E-state index in [1.807, 2.05) is 13.2 Å². The fraction of sp³-hybridized carbons (Fsp3) is 0.500. The highest BCUT2D eigenvalue weighted by Crippen LogP contribution is 2.28. The van der Waals surface area contributed by atoms with Crippen LogP contribution in [-0.4, -0.2) is 37.8 Å². The Kier molecular flexibility index (Phi) is 5.55. The lowest BCUT2D eigenvalue weighted by atomic mass is 10.2. The Labute approximate surface area is 124 Å². The summed E-state index contributed by atoms with van der Waals surface area (Å²) in [5.41, 5.74) is 6.86. The Balaban J connectivity index is 3.21. The highest BCUT2D eigenvalue weighted by molar-refractivity contribution is 7.98. The Morgan fingerprint density at radius 3 is 2.53 bits per heavy atom. The zero-order valence-corrected chi connectivity index (χ0v) is 13.9. The van der Waals surface area contributed by atoms with E-state index in [1.54, 1.807) is 25.7 Å². The highest BCUT2D eigenvalue weighted by Gasteiger charge is 2.26. The number of nitrogens with two attached hydrogens (primary N) is 1. The first-order valence-electron chi connectivity index (χ1n) is 5.74. The van der Waals surface area contributed by atoms with Crippen molar-refractivity contribution in [3.63, 3.8) is 0 Å². The van der Waals surface area contributed by atoms with Crippen LogP contribution < -0.4 is 5.73 Å². The number of sulfonamides is 1. The van der Waals surface area contributed by atoms with Crippen LogP contribution in [0.4, 0.5) is 5.69 Å². The fourth-order valence-electron chi connectivity index (χ4n) is 1.57. The molecule has 0 heterocycles. The molecule has 2 N–H and O–H groups in total. The summed E-state index contributed by atoms with van der Waals surface area (Å²) in [7, 11) is -2.00. The third-order valence-corrected chi connectivity index (χ3v) is 6.22. The van der Waals surface area contributed by atoms with Crippen molar-refractivity contribution >= 4 is 39.1 Å². The smallest absolute Gasteiger partial charge is 0.243 e. The molecule has 0 aromatic heterocycles. The first-order valence-corrected chi connectivity index (χ1v) is 8.95. The molecule has 0 aliphatic heterocycles. The molecule has 1 unspecified atom stereocenters. The van der Waals surface area contributed by atoms with Crippen LogP contribution in [0, 0.1) is 6.92 Å². The van der Waals surface area contributed by atoms with Crippen molar-refractivity contribution in [2.75, 3.05) is 24.8 Å². The zero-order chi connectivity index (χ0) is 14.8. The largest absolute Gasteiger partial charge is 0.398 e. The number of rotatable bonds is 5. The molecule has 0 aliphatic carbocycles. The van der Waals surface area contributed by atoms with Gasteiger partial charge in [0, 0.05) is 29.6 Å². The maximum absolute atomic E-state index is 12.5. The van der Waals surface area contributed by atoms with Crippen LogP contribution in [0.25, 0.3) is 0 Å². The second kappa shape index (κ2) is 6.35. The van der Waals surface area contributed by atoms with E-state index in [4.69, 9.17) is 17.3 Å². The Hall–Kier alpha value is -0.430. The monoisotopic (exact) mass is 322 g/mol. The summed E-state index contributed by atoms with van der Waals surface area (Å²) in [6.07, 6.45) is 1.94. The van der Waals surface area contributed by atoms with Gasteiger partial charge in [-0.15, -0.1) is 0 Å². The summed E-state index contributed by atoms with van der Waals surface area (Å²) in [6.45, 7) is 3.63. The molecule has 7 heteroatoms. The van der Waals surface area contributed by atoms with Crippen LogP contribution in [0.3, 0.4) is 0 Å². The van der Waals surface area contributed by atoms with E-state index in [2.05, 4.69) is 0 Å². The number of halogens is 1. The summed E-state index contributed by atoms with van der Waals surface area (Å²) in [5.74, 6) is 0.727. The number of nitrogen functional groups attached to an aromatic ring is 1. The van der Waals surface area contributed by atoms with Crippen LogP contribution in [0.2, 0.25) is 5.02 Å². The van der Waals surface area contributed by atoms with E-state index in [0.29, 0.717) is 16.3 Å². The van der Waals surface area contributed by atoms with Gasteiger partial charge in [0.25, 0.3) is 0 Å². The van der Waals surface area contributed by atoms with Crippen molar-refractivity contribution in [2.45, 2.75) is 24.8 Å². The Morgan fingerprint density at radius 1 is 1.47 bits per heavy atom.